The Morgan fingerprint density at radius 3 is 3.00 bits per heavy atom. The summed E-state index contributed by atoms with van der Waals surface area (Å²) in [5.41, 5.74) is 2.14. The van der Waals surface area contributed by atoms with Gasteiger partial charge in [0.05, 0.1) is 25.2 Å². The highest BCUT2D eigenvalue weighted by atomic mass is 32.2. The topological polar surface area (TPSA) is 47.6 Å². The minimum absolute atomic E-state index is 0.00363. The Balaban J connectivity index is 1.57. The van der Waals surface area contributed by atoms with Crippen molar-refractivity contribution in [1.29, 1.82) is 0 Å². The molecule has 2 aromatic heterocycles. The summed E-state index contributed by atoms with van der Waals surface area (Å²) in [5.74, 6) is 2.29. The Labute approximate surface area is 156 Å². The average Bonchev–Trinajstić information content (AvgIpc) is 3.39. The van der Waals surface area contributed by atoms with E-state index in [1.165, 1.54) is 0 Å². The van der Waals surface area contributed by atoms with Crippen LogP contribution in [-0.4, -0.2) is 27.7 Å². The molecule has 1 atom stereocenters. The number of ether oxygens (including phenoxy) is 1. The van der Waals surface area contributed by atoms with Crippen molar-refractivity contribution < 1.29 is 13.9 Å². The molecule has 0 saturated carbocycles. The van der Waals surface area contributed by atoms with Crippen LogP contribution in [0.25, 0.3) is 5.69 Å². The summed E-state index contributed by atoms with van der Waals surface area (Å²) < 4.78 is 13.1. The summed E-state index contributed by atoms with van der Waals surface area (Å²) in [4.78, 5) is 14.2. The molecule has 1 saturated heterocycles. The van der Waals surface area contributed by atoms with Crippen molar-refractivity contribution in [2.24, 2.45) is 0 Å². The molecule has 5 nitrogen and oxygen atoms in total. The van der Waals surface area contributed by atoms with E-state index >= 15 is 0 Å². The van der Waals surface area contributed by atoms with E-state index in [9.17, 15) is 4.79 Å². The van der Waals surface area contributed by atoms with Crippen LogP contribution < -0.4 is 4.74 Å². The van der Waals surface area contributed by atoms with E-state index < -0.39 is 0 Å². The predicted octanol–water partition coefficient (Wildman–Crippen LogP) is 4.24. The number of aromatic nitrogens is 1. The van der Waals surface area contributed by atoms with Gasteiger partial charge < -0.3 is 18.6 Å². The Morgan fingerprint density at radius 1 is 1.27 bits per heavy atom. The highest BCUT2D eigenvalue weighted by Gasteiger charge is 2.33. The summed E-state index contributed by atoms with van der Waals surface area (Å²) >= 11 is 1.65. The Bertz CT molecular complexity index is 888. The largest absolute Gasteiger partial charge is 0.494 e. The van der Waals surface area contributed by atoms with E-state index in [4.69, 9.17) is 9.15 Å². The zero-order chi connectivity index (χ0) is 17.9. The third kappa shape index (κ3) is 3.37. The highest BCUT2D eigenvalue weighted by Crippen LogP contribution is 2.40. The first-order chi connectivity index (χ1) is 12.7. The number of carbonyl (C=O) groups excluding carboxylic acids is 1. The number of rotatable bonds is 6. The molecule has 26 heavy (non-hydrogen) atoms. The van der Waals surface area contributed by atoms with E-state index in [2.05, 4.69) is 16.8 Å². The predicted molar refractivity (Wildman–Crippen MR) is 101 cm³/mol. The quantitative estimate of drug-likeness (QED) is 0.653. The van der Waals surface area contributed by atoms with Gasteiger partial charge in [0.1, 0.15) is 16.9 Å². The maximum absolute atomic E-state index is 12.3. The summed E-state index contributed by atoms with van der Waals surface area (Å²) in [6.45, 7) is 3.11. The second kappa shape index (κ2) is 7.33. The smallest absolute Gasteiger partial charge is 0.234 e. The molecule has 4 rings (SSSR count). The third-order valence-electron chi connectivity index (χ3n) is 4.30. The summed E-state index contributed by atoms with van der Waals surface area (Å²) in [5, 5.41) is 0.00363. The van der Waals surface area contributed by atoms with E-state index in [1.807, 2.05) is 54.4 Å². The number of amides is 1. The first kappa shape index (κ1) is 16.8. The van der Waals surface area contributed by atoms with Crippen LogP contribution in [-0.2, 0) is 11.3 Å². The lowest BCUT2D eigenvalue weighted by molar-refractivity contribution is -0.128. The average molecular weight is 368 g/mol. The Kier molecular flexibility index (Phi) is 4.75. The van der Waals surface area contributed by atoms with Crippen molar-refractivity contribution >= 4 is 17.7 Å². The van der Waals surface area contributed by atoms with Crippen molar-refractivity contribution in [1.82, 2.24) is 9.47 Å². The van der Waals surface area contributed by atoms with Crippen LogP contribution in [0, 0.1) is 0 Å². The molecule has 1 unspecified atom stereocenters. The fourth-order valence-corrected chi connectivity index (χ4v) is 4.26. The molecule has 1 aliphatic rings. The Hall–Kier alpha value is -2.60. The van der Waals surface area contributed by atoms with Gasteiger partial charge in [-0.15, -0.1) is 11.8 Å². The molecule has 0 spiro atoms. The molecule has 0 aliphatic carbocycles. The number of hydrogen-bond donors (Lipinski definition) is 0. The van der Waals surface area contributed by atoms with E-state index in [0.717, 1.165) is 22.8 Å². The molecular weight excluding hydrogens is 348 g/mol. The van der Waals surface area contributed by atoms with Crippen LogP contribution in [0.2, 0.25) is 0 Å². The summed E-state index contributed by atoms with van der Waals surface area (Å²) in [6, 6.07) is 13.8. The summed E-state index contributed by atoms with van der Waals surface area (Å²) in [7, 11) is 0. The van der Waals surface area contributed by atoms with Gasteiger partial charge in [0.2, 0.25) is 5.91 Å². The number of nitrogens with zero attached hydrogens (tertiary/aromatic N) is 2. The van der Waals surface area contributed by atoms with Gasteiger partial charge in [-0.25, -0.2) is 0 Å². The second-order valence-corrected chi connectivity index (χ2v) is 7.12. The van der Waals surface area contributed by atoms with Crippen LogP contribution in [0.4, 0.5) is 0 Å². The van der Waals surface area contributed by atoms with Gasteiger partial charge in [0, 0.05) is 29.7 Å². The fraction of sp³-hybridized carbons (Fsp3) is 0.250. The normalized spacial score (nSPS) is 17.0. The zero-order valence-corrected chi connectivity index (χ0v) is 15.3. The lowest BCUT2D eigenvalue weighted by Crippen LogP contribution is -2.27. The molecule has 3 heterocycles. The summed E-state index contributed by atoms with van der Waals surface area (Å²) in [6.07, 6.45) is 5.74. The number of benzene rings is 1. The van der Waals surface area contributed by atoms with Gasteiger partial charge in [-0.1, -0.05) is 6.07 Å². The SMILES string of the molecule is CCOc1cccc(-n2ccc(C3SCC(=O)N3Cc3ccco3)c2)c1. The molecule has 0 radical (unpaired) electrons. The fourth-order valence-electron chi connectivity index (χ4n) is 3.09. The van der Waals surface area contributed by atoms with Crippen molar-refractivity contribution in [2.45, 2.75) is 18.8 Å². The minimum atomic E-state index is 0.00363. The van der Waals surface area contributed by atoms with Crippen molar-refractivity contribution in [3.8, 4) is 11.4 Å². The monoisotopic (exact) mass is 368 g/mol. The van der Waals surface area contributed by atoms with Gasteiger partial charge in [-0.05, 0) is 37.3 Å². The molecule has 3 aromatic rings. The van der Waals surface area contributed by atoms with E-state index in [0.29, 0.717) is 18.9 Å². The minimum Gasteiger partial charge on any atom is -0.494 e. The molecule has 0 N–H and O–H groups in total. The molecule has 6 heteroatoms. The van der Waals surface area contributed by atoms with Crippen molar-refractivity contribution in [2.75, 3.05) is 12.4 Å². The molecule has 134 valence electrons. The van der Waals surface area contributed by atoms with Crippen LogP contribution in [0.15, 0.2) is 65.5 Å². The number of furan rings is 1. The second-order valence-electron chi connectivity index (χ2n) is 6.05. The van der Waals surface area contributed by atoms with Crippen LogP contribution in [0.5, 0.6) is 5.75 Å². The first-order valence-corrected chi connectivity index (χ1v) is 9.64. The number of thioether (sulfide) groups is 1. The number of carbonyl (C=O) groups is 1. The van der Waals surface area contributed by atoms with Crippen molar-refractivity contribution in [3.63, 3.8) is 0 Å². The van der Waals surface area contributed by atoms with Gasteiger partial charge in [0.15, 0.2) is 0 Å². The van der Waals surface area contributed by atoms with Gasteiger partial charge in [0.25, 0.3) is 0 Å². The Morgan fingerprint density at radius 2 is 2.19 bits per heavy atom. The maximum Gasteiger partial charge on any atom is 0.234 e. The van der Waals surface area contributed by atoms with Crippen LogP contribution in [0.1, 0.15) is 23.6 Å². The first-order valence-electron chi connectivity index (χ1n) is 8.59. The lowest BCUT2D eigenvalue weighted by atomic mass is 10.3. The molecule has 1 amide bonds. The standard InChI is InChI=1S/C20H20N2O3S/c1-2-24-17-6-3-5-16(11-17)21-9-8-15(12-21)20-22(19(23)14-26-20)13-18-7-4-10-25-18/h3-12,20H,2,13-14H2,1H3. The lowest BCUT2D eigenvalue weighted by Gasteiger charge is -2.22. The van der Waals surface area contributed by atoms with Crippen LogP contribution in [0.3, 0.4) is 0 Å². The molecule has 1 fully saturated rings. The molecular formula is C20H20N2O3S. The molecule has 1 aromatic carbocycles. The van der Waals surface area contributed by atoms with E-state index in [1.54, 1.807) is 18.0 Å². The maximum atomic E-state index is 12.3. The molecule has 0 bridgehead atoms. The number of hydrogen-bond acceptors (Lipinski definition) is 4. The van der Waals surface area contributed by atoms with E-state index in [-0.39, 0.29) is 11.3 Å². The van der Waals surface area contributed by atoms with Gasteiger partial charge in [-0.3, -0.25) is 4.79 Å². The van der Waals surface area contributed by atoms with Gasteiger partial charge >= 0.3 is 0 Å². The third-order valence-corrected chi connectivity index (χ3v) is 5.56. The van der Waals surface area contributed by atoms with Crippen molar-refractivity contribution in [3.05, 3.63) is 72.4 Å². The molecule has 1 aliphatic heterocycles. The zero-order valence-electron chi connectivity index (χ0n) is 14.5. The van der Waals surface area contributed by atoms with Gasteiger partial charge in [-0.2, -0.15) is 0 Å². The highest BCUT2D eigenvalue weighted by molar-refractivity contribution is 8.00. The van der Waals surface area contributed by atoms with Crippen LogP contribution >= 0.6 is 11.8 Å².